The van der Waals surface area contributed by atoms with E-state index in [1.807, 2.05) is 0 Å². The third-order valence-corrected chi connectivity index (χ3v) is 6.15. The Labute approximate surface area is 121 Å². The average molecular weight is 294 g/mol. The second-order valence-corrected chi connectivity index (χ2v) is 7.14. The van der Waals surface area contributed by atoms with E-state index in [-0.39, 0.29) is 0 Å². The molecule has 2 bridgehead atoms. The molecule has 21 heavy (non-hydrogen) atoms. The number of hydrogen-bond acceptors (Lipinski definition) is 6. The van der Waals surface area contributed by atoms with Crippen LogP contribution in [0.5, 0.6) is 0 Å². The monoisotopic (exact) mass is 294 g/mol. The molecule has 1 spiro atoms. The fourth-order valence-electron chi connectivity index (χ4n) is 5.82. The summed E-state index contributed by atoms with van der Waals surface area (Å²) in [5.74, 6) is -0.994. The van der Waals surface area contributed by atoms with Gasteiger partial charge in [0.1, 0.15) is 5.60 Å². The van der Waals surface area contributed by atoms with Crippen LogP contribution in [-0.2, 0) is 19.1 Å². The molecule has 5 atom stereocenters. The Balaban J connectivity index is 1.51. The lowest BCUT2D eigenvalue weighted by molar-refractivity contribution is -0.357. The number of carbonyl (C=O) groups is 2. The Morgan fingerprint density at radius 3 is 2.62 bits per heavy atom. The first-order chi connectivity index (χ1) is 9.78. The fourth-order valence-corrected chi connectivity index (χ4v) is 5.82. The van der Waals surface area contributed by atoms with Crippen molar-refractivity contribution in [3.63, 3.8) is 0 Å². The largest absolute Gasteiger partial charge is 0.456 e. The molecule has 114 valence electrons. The first-order valence-electron chi connectivity index (χ1n) is 7.24. The van der Waals surface area contributed by atoms with E-state index in [1.165, 1.54) is 0 Å². The SMILES string of the molecule is C=CC(=O)OCC(=O)O[C@]12CC3CC4(O)CC(O)(CC341)C2. The summed E-state index contributed by atoms with van der Waals surface area (Å²) < 4.78 is 10.3. The van der Waals surface area contributed by atoms with Gasteiger partial charge in [-0.25, -0.2) is 9.59 Å². The maximum Gasteiger partial charge on any atom is 0.344 e. The Hall–Kier alpha value is -1.40. The maximum atomic E-state index is 11.9. The molecule has 0 saturated heterocycles. The summed E-state index contributed by atoms with van der Waals surface area (Å²) in [6.45, 7) is 2.78. The molecule has 0 aromatic carbocycles. The highest BCUT2D eigenvalue weighted by Gasteiger charge is 2.91. The number of ether oxygens (including phenoxy) is 2. The van der Waals surface area contributed by atoms with Crippen molar-refractivity contribution in [1.82, 2.24) is 0 Å². The molecule has 4 saturated carbocycles. The van der Waals surface area contributed by atoms with Gasteiger partial charge in [0.2, 0.25) is 0 Å². The van der Waals surface area contributed by atoms with Crippen LogP contribution in [0.1, 0.15) is 32.1 Å². The number of hydrogen-bond donors (Lipinski definition) is 2. The van der Waals surface area contributed by atoms with Gasteiger partial charge in [-0.15, -0.1) is 0 Å². The zero-order chi connectivity index (χ0) is 15.1. The van der Waals surface area contributed by atoms with Gasteiger partial charge in [0.25, 0.3) is 0 Å². The molecule has 0 aromatic heterocycles. The zero-order valence-corrected chi connectivity index (χ0v) is 11.6. The minimum Gasteiger partial charge on any atom is -0.456 e. The molecule has 0 aliphatic heterocycles. The summed E-state index contributed by atoms with van der Waals surface area (Å²) in [5, 5.41) is 21.2. The van der Waals surface area contributed by atoms with Gasteiger partial charge in [0, 0.05) is 24.3 Å². The first-order valence-corrected chi connectivity index (χ1v) is 7.24. The lowest BCUT2D eigenvalue weighted by Crippen LogP contribution is -2.80. The number of rotatable bonds is 4. The van der Waals surface area contributed by atoms with Gasteiger partial charge < -0.3 is 19.7 Å². The van der Waals surface area contributed by atoms with Crippen LogP contribution in [-0.4, -0.2) is 45.6 Å². The molecular weight excluding hydrogens is 276 g/mol. The van der Waals surface area contributed by atoms with Gasteiger partial charge in [0.05, 0.1) is 11.2 Å². The van der Waals surface area contributed by atoms with Crippen LogP contribution in [0.15, 0.2) is 12.7 Å². The second kappa shape index (κ2) is 3.50. The van der Waals surface area contributed by atoms with E-state index in [1.54, 1.807) is 0 Å². The van der Waals surface area contributed by atoms with Crippen LogP contribution in [0.25, 0.3) is 0 Å². The minimum atomic E-state index is -0.932. The minimum absolute atomic E-state index is 0.322. The molecular formula is C15H18O6. The van der Waals surface area contributed by atoms with Crippen molar-refractivity contribution >= 4 is 11.9 Å². The van der Waals surface area contributed by atoms with E-state index in [0.29, 0.717) is 38.0 Å². The van der Waals surface area contributed by atoms with Crippen molar-refractivity contribution in [2.24, 2.45) is 11.3 Å². The van der Waals surface area contributed by atoms with Gasteiger partial charge in [-0.3, -0.25) is 0 Å². The molecule has 0 amide bonds. The van der Waals surface area contributed by atoms with E-state index in [9.17, 15) is 19.8 Å². The van der Waals surface area contributed by atoms with Crippen LogP contribution in [0.4, 0.5) is 0 Å². The van der Waals surface area contributed by atoms with Crippen LogP contribution in [0.2, 0.25) is 0 Å². The summed E-state index contributed by atoms with van der Waals surface area (Å²) in [7, 11) is 0. The molecule has 6 heteroatoms. The molecule has 4 aliphatic carbocycles. The lowest BCUT2D eigenvalue weighted by atomic mass is 9.34. The number of carbonyl (C=O) groups excluding carboxylic acids is 2. The first kappa shape index (κ1) is 13.3. The number of aliphatic hydroxyl groups is 2. The van der Waals surface area contributed by atoms with E-state index >= 15 is 0 Å². The normalized spacial score (nSPS) is 51.4. The Morgan fingerprint density at radius 2 is 2.00 bits per heavy atom. The predicted octanol–water partition coefficient (Wildman–Crippen LogP) is 0.0673. The molecule has 0 heterocycles. The van der Waals surface area contributed by atoms with Gasteiger partial charge in [-0.1, -0.05) is 6.58 Å². The zero-order valence-electron chi connectivity index (χ0n) is 11.6. The van der Waals surface area contributed by atoms with Crippen molar-refractivity contribution in [2.75, 3.05) is 6.61 Å². The molecule has 4 aliphatic rings. The summed E-state index contributed by atoms with van der Waals surface area (Å²) in [5.41, 5.74) is -3.10. The standard InChI is InChI=1S/C15H18O6/c1-2-10(16)20-5-11(17)21-14-4-9-3-13(19)6-12(18,7-14)8-15(9,13)14/h2,9,18-19H,1,3-8H2/t9?,12?,13?,14-,15?/m0/s1. The molecule has 2 N–H and O–H groups in total. The summed E-state index contributed by atoms with van der Waals surface area (Å²) >= 11 is 0. The summed E-state index contributed by atoms with van der Waals surface area (Å²) in [6.07, 6.45) is 3.59. The van der Waals surface area contributed by atoms with Crippen molar-refractivity contribution in [3.8, 4) is 0 Å². The van der Waals surface area contributed by atoms with Gasteiger partial charge in [-0.05, 0) is 25.2 Å². The average Bonchev–Trinajstić information content (AvgIpc) is 2.74. The molecule has 0 radical (unpaired) electrons. The molecule has 6 nitrogen and oxygen atoms in total. The second-order valence-electron chi connectivity index (χ2n) is 7.14. The third kappa shape index (κ3) is 1.31. The quantitative estimate of drug-likeness (QED) is 0.563. The summed E-state index contributed by atoms with van der Waals surface area (Å²) in [4.78, 5) is 22.9. The van der Waals surface area contributed by atoms with Crippen LogP contribution >= 0.6 is 0 Å². The summed E-state index contributed by atoms with van der Waals surface area (Å²) in [6, 6.07) is 0. The number of esters is 2. The predicted molar refractivity (Wildman–Crippen MR) is 68.9 cm³/mol. The van der Waals surface area contributed by atoms with Crippen LogP contribution in [0.3, 0.4) is 0 Å². The highest BCUT2D eigenvalue weighted by Crippen LogP contribution is 2.85. The molecule has 0 aromatic rings. The van der Waals surface area contributed by atoms with Crippen molar-refractivity contribution < 1.29 is 29.3 Å². The molecule has 4 fully saturated rings. The highest BCUT2D eigenvalue weighted by atomic mass is 16.6. The Morgan fingerprint density at radius 1 is 1.24 bits per heavy atom. The third-order valence-electron chi connectivity index (χ3n) is 6.15. The van der Waals surface area contributed by atoms with E-state index in [2.05, 4.69) is 11.3 Å². The lowest BCUT2D eigenvalue weighted by Gasteiger charge is -2.74. The molecule has 4 rings (SSSR count). The Bertz CT molecular complexity index is 573. The molecule has 4 unspecified atom stereocenters. The van der Waals surface area contributed by atoms with E-state index < -0.39 is 40.8 Å². The highest BCUT2D eigenvalue weighted by molar-refractivity contribution is 5.83. The van der Waals surface area contributed by atoms with Crippen LogP contribution in [0, 0.1) is 11.3 Å². The van der Waals surface area contributed by atoms with Crippen molar-refractivity contribution in [1.29, 1.82) is 0 Å². The van der Waals surface area contributed by atoms with E-state index in [0.717, 1.165) is 6.08 Å². The van der Waals surface area contributed by atoms with Gasteiger partial charge >= 0.3 is 11.9 Å². The smallest absolute Gasteiger partial charge is 0.344 e. The fraction of sp³-hybridized carbons (Fsp3) is 0.733. The van der Waals surface area contributed by atoms with Gasteiger partial charge in [-0.2, -0.15) is 0 Å². The van der Waals surface area contributed by atoms with Crippen LogP contribution < -0.4 is 0 Å². The van der Waals surface area contributed by atoms with Gasteiger partial charge in [0.15, 0.2) is 6.61 Å². The van der Waals surface area contributed by atoms with Crippen molar-refractivity contribution in [2.45, 2.75) is 48.9 Å². The van der Waals surface area contributed by atoms with Crippen molar-refractivity contribution in [3.05, 3.63) is 12.7 Å². The Kier molecular flexibility index (Phi) is 2.21. The topological polar surface area (TPSA) is 93.1 Å². The maximum absolute atomic E-state index is 11.9. The number of fused-ring (bicyclic) bond motifs is 1. The van der Waals surface area contributed by atoms with E-state index in [4.69, 9.17) is 4.74 Å².